The minimum atomic E-state index is -0.287. The molecule has 0 heterocycles. The average Bonchev–Trinajstić information content (AvgIpc) is 1.64. The number of hydrogen-bond acceptors (Lipinski definition) is 2. The molecule has 0 aromatic carbocycles. The van der Waals surface area contributed by atoms with E-state index in [-0.39, 0.29) is 12.1 Å². The fourth-order valence-corrected chi connectivity index (χ4v) is 1.32. The highest BCUT2D eigenvalue weighted by molar-refractivity contribution is 7.37. The highest BCUT2D eigenvalue weighted by Gasteiger charge is 2.11. The minimum absolute atomic E-state index is 0.166. The molecule has 3 heteroatoms. The molecule has 0 amide bonds. The SMILES string of the molecule is C/P=C/C(C)(N)CCO. The summed E-state index contributed by atoms with van der Waals surface area (Å²) in [4.78, 5) is 0. The molecule has 0 saturated heterocycles. The van der Waals surface area contributed by atoms with E-state index in [2.05, 4.69) is 0 Å². The van der Waals surface area contributed by atoms with E-state index in [0.29, 0.717) is 6.42 Å². The first-order valence-corrected chi connectivity index (χ1v) is 4.36. The molecule has 0 bridgehead atoms. The Morgan fingerprint density at radius 1 is 1.78 bits per heavy atom. The molecule has 1 atom stereocenters. The summed E-state index contributed by atoms with van der Waals surface area (Å²) in [5.41, 5.74) is 5.43. The van der Waals surface area contributed by atoms with Crippen LogP contribution in [0.5, 0.6) is 0 Å². The molecule has 0 aliphatic rings. The van der Waals surface area contributed by atoms with Gasteiger partial charge in [0.2, 0.25) is 0 Å². The maximum absolute atomic E-state index is 8.53. The Kier molecular flexibility index (Phi) is 4.03. The summed E-state index contributed by atoms with van der Waals surface area (Å²) in [6, 6.07) is 0. The number of hydrogen-bond donors (Lipinski definition) is 2. The third kappa shape index (κ3) is 4.58. The highest BCUT2D eigenvalue weighted by Crippen LogP contribution is 2.03. The number of rotatable bonds is 3. The third-order valence-electron chi connectivity index (χ3n) is 1.07. The van der Waals surface area contributed by atoms with Gasteiger partial charge in [-0.15, -0.1) is 8.20 Å². The van der Waals surface area contributed by atoms with E-state index in [4.69, 9.17) is 10.8 Å². The normalized spacial score (nSPS) is 18.2. The van der Waals surface area contributed by atoms with E-state index < -0.39 is 0 Å². The summed E-state index contributed by atoms with van der Waals surface area (Å²) in [5.74, 6) is 1.99. The first-order valence-electron chi connectivity index (χ1n) is 2.95. The van der Waals surface area contributed by atoms with E-state index in [0.717, 1.165) is 0 Å². The van der Waals surface area contributed by atoms with Gasteiger partial charge in [-0.2, -0.15) is 0 Å². The molecule has 1 unspecified atom stereocenters. The predicted molar refractivity (Wildman–Crippen MR) is 43.2 cm³/mol. The van der Waals surface area contributed by atoms with Crippen molar-refractivity contribution in [2.24, 2.45) is 5.73 Å². The molecule has 0 spiro atoms. The standard InChI is InChI=1S/C6H14NOP/c1-6(7,3-4-8)5-9-2/h5,8H,3-4,7H2,1-2H3. The molecule has 0 aromatic rings. The van der Waals surface area contributed by atoms with Crippen molar-refractivity contribution in [3.8, 4) is 0 Å². The zero-order valence-corrected chi connectivity index (χ0v) is 6.86. The van der Waals surface area contributed by atoms with Gasteiger partial charge in [0.15, 0.2) is 0 Å². The second kappa shape index (κ2) is 3.99. The Balaban J connectivity index is 3.70. The first kappa shape index (κ1) is 9.09. The lowest BCUT2D eigenvalue weighted by molar-refractivity contribution is 0.269. The van der Waals surface area contributed by atoms with Crippen LogP contribution < -0.4 is 5.73 Å². The quantitative estimate of drug-likeness (QED) is 0.570. The molecule has 0 aliphatic carbocycles. The van der Waals surface area contributed by atoms with Crippen molar-refractivity contribution in [1.29, 1.82) is 0 Å². The van der Waals surface area contributed by atoms with Crippen LogP contribution in [0.1, 0.15) is 13.3 Å². The van der Waals surface area contributed by atoms with Crippen molar-refractivity contribution in [1.82, 2.24) is 0 Å². The number of nitrogens with two attached hydrogens (primary N) is 1. The van der Waals surface area contributed by atoms with E-state index in [9.17, 15) is 0 Å². The van der Waals surface area contributed by atoms with Gasteiger partial charge in [-0.3, -0.25) is 0 Å². The molecule has 54 valence electrons. The lowest BCUT2D eigenvalue weighted by atomic mass is 10.0. The van der Waals surface area contributed by atoms with Gasteiger partial charge in [-0.1, -0.05) is 0 Å². The van der Waals surface area contributed by atoms with Crippen molar-refractivity contribution in [2.75, 3.05) is 13.3 Å². The molecular formula is C6H14NOP. The van der Waals surface area contributed by atoms with E-state index in [1.807, 2.05) is 19.4 Å². The van der Waals surface area contributed by atoms with Gasteiger partial charge in [-0.05, 0) is 25.8 Å². The summed E-state index contributed by atoms with van der Waals surface area (Å²) < 4.78 is 0. The van der Waals surface area contributed by atoms with E-state index in [1.54, 1.807) is 0 Å². The van der Waals surface area contributed by atoms with E-state index >= 15 is 0 Å². The first-order chi connectivity index (χ1) is 4.12. The largest absolute Gasteiger partial charge is 0.396 e. The maximum Gasteiger partial charge on any atom is 0.0451 e. The van der Waals surface area contributed by atoms with Crippen LogP contribution >= 0.6 is 8.20 Å². The second-order valence-corrected chi connectivity index (χ2v) is 3.14. The fourth-order valence-electron chi connectivity index (χ4n) is 0.600. The van der Waals surface area contributed by atoms with Crippen molar-refractivity contribution in [2.45, 2.75) is 18.9 Å². The van der Waals surface area contributed by atoms with Gasteiger partial charge in [0.25, 0.3) is 0 Å². The zero-order valence-electron chi connectivity index (χ0n) is 5.96. The molecule has 0 aromatic heterocycles. The monoisotopic (exact) mass is 147 g/mol. The van der Waals surface area contributed by atoms with Crippen molar-refractivity contribution >= 4 is 14.0 Å². The minimum Gasteiger partial charge on any atom is -0.396 e. The van der Waals surface area contributed by atoms with Crippen molar-refractivity contribution in [3.05, 3.63) is 0 Å². The van der Waals surface area contributed by atoms with Crippen LogP contribution in [-0.2, 0) is 0 Å². The number of aliphatic hydroxyl groups excluding tert-OH is 1. The summed E-state index contributed by atoms with van der Waals surface area (Å²) in [5, 5.41) is 8.53. The molecular weight excluding hydrogens is 133 g/mol. The lowest BCUT2D eigenvalue weighted by Gasteiger charge is -2.17. The molecule has 0 radical (unpaired) electrons. The Morgan fingerprint density at radius 3 is 2.67 bits per heavy atom. The molecule has 2 nitrogen and oxygen atoms in total. The number of aliphatic hydroxyl groups is 1. The predicted octanol–water partition coefficient (Wildman–Crippen LogP) is 0.464. The van der Waals surface area contributed by atoms with Gasteiger partial charge in [0.05, 0.1) is 0 Å². The van der Waals surface area contributed by atoms with Crippen LogP contribution in [-0.4, -0.2) is 29.7 Å². The summed E-state index contributed by atoms with van der Waals surface area (Å²) >= 11 is 0. The van der Waals surface area contributed by atoms with Crippen LogP contribution in [0.15, 0.2) is 0 Å². The Morgan fingerprint density at radius 2 is 2.33 bits per heavy atom. The molecule has 0 aliphatic heterocycles. The summed E-state index contributed by atoms with van der Waals surface area (Å²) in [7, 11) is 1.17. The summed E-state index contributed by atoms with van der Waals surface area (Å²) in [6.07, 6.45) is 0.647. The molecule has 0 rings (SSSR count). The highest BCUT2D eigenvalue weighted by atomic mass is 31.1. The summed E-state index contributed by atoms with van der Waals surface area (Å²) in [6.45, 7) is 4.10. The molecule has 0 fully saturated rings. The Bertz CT molecular complexity index is 101. The third-order valence-corrected chi connectivity index (χ3v) is 1.92. The second-order valence-electron chi connectivity index (χ2n) is 2.37. The zero-order chi connectivity index (χ0) is 7.33. The van der Waals surface area contributed by atoms with Crippen molar-refractivity contribution in [3.63, 3.8) is 0 Å². The molecule has 3 N–H and O–H groups in total. The molecule has 0 saturated carbocycles. The Hall–Kier alpha value is 0.0900. The average molecular weight is 147 g/mol. The van der Waals surface area contributed by atoms with Crippen LogP contribution in [0.2, 0.25) is 0 Å². The topological polar surface area (TPSA) is 46.2 Å². The van der Waals surface area contributed by atoms with Gasteiger partial charge in [0.1, 0.15) is 0 Å². The van der Waals surface area contributed by atoms with Gasteiger partial charge >= 0.3 is 0 Å². The smallest absolute Gasteiger partial charge is 0.0451 e. The Labute approximate surface area is 57.9 Å². The maximum atomic E-state index is 8.53. The fraction of sp³-hybridized carbons (Fsp3) is 0.833. The van der Waals surface area contributed by atoms with Crippen molar-refractivity contribution < 1.29 is 5.11 Å². The van der Waals surface area contributed by atoms with E-state index in [1.165, 1.54) is 8.20 Å². The van der Waals surface area contributed by atoms with Crippen LogP contribution in [0, 0.1) is 0 Å². The molecule has 9 heavy (non-hydrogen) atoms. The van der Waals surface area contributed by atoms with Gasteiger partial charge in [-0.25, -0.2) is 0 Å². The lowest BCUT2D eigenvalue weighted by Crippen LogP contribution is -2.38. The van der Waals surface area contributed by atoms with Crippen LogP contribution in [0.4, 0.5) is 0 Å². The van der Waals surface area contributed by atoms with Gasteiger partial charge < -0.3 is 10.8 Å². The van der Waals surface area contributed by atoms with Crippen LogP contribution in [0.3, 0.4) is 0 Å². The van der Waals surface area contributed by atoms with Crippen LogP contribution in [0.25, 0.3) is 0 Å². The van der Waals surface area contributed by atoms with Gasteiger partial charge in [0, 0.05) is 12.1 Å².